The van der Waals surface area contributed by atoms with Gasteiger partial charge in [-0.1, -0.05) is 19.4 Å². The normalized spacial score (nSPS) is 17.0. The van der Waals surface area contributed by atoms with Crippen LogP contribution in [0.4, 0.5) is 0 Å². The van der Waals surface area contributed by atoms with Crippen LogP contribution in [0.25, 0.3) is 0 Å². The summed E-state index contributed by atoms with van der Waals surface area (Å²) in [5.41, 5.74) is 0. The first kappa shape index (κ1) is 19.3. The summed E-state index contributed by atoms with van der Waals surface area (Å²) in [6.45, 7) is 4.43. The van der Waals surface area contributed by atoms with Crippen LogP contribution in [0.1, 0.15) is 26.2 Å². The molecule has 2 N–H and O–H groups in total. The highest BCUT2D eigenvalue weighted by Gasteiger charge is 2.27. The predicted octanol–water partition coefficient (Wildman–Crippen LogP) is 0.749. The maximum Gasteiger partial charge on any atom is 0.243 e. The van der Waals surface area contributed by atoms with Gasteiger partial charge in [-0.05, 0) is 37.6 Å². The molecule has 1 saturated heterocycles. The number of hydrogen-bond acceptors (Lipinski definition) is 5. The van der Waals surface area contributed by atoms with Gasteiger partial charge < -0.3 is 5.32 Å². The number of nitrogens with zero attached hydrogens (tertiary/aromatic N) is 1. The topological polar surface area (TPSA) is 95.6 Å². The van der Waals surface area contributed by atoms with Crippen LogP contribution >= 0.6 is 0 Å². The van der Waals surface area contributed by atoms with E-state index in [1.165, 1.54) is 28.6 Å². The summed E-state index contributed by atoms with van der Waals surface area (Å²) in [7, 11) is -7.37. The van der Waals surface area contributed by atoms with Gasteiger partial charge in [0, 0.05) is 26.2 Å². The number of benzene rings is 1. The second kappa shape index (κ2) is 8.39. The van der Waals surface area contributed by atoms with Crippen molar-refractivity contribution >= 4 is 20.0 Å². The molecule has 2 rings (SSSR count). The molecular formula is C15H25N3O4S2. The molecule has 1 heterocycles. The third kappa shape index (κ3) is 4.76. The average Bonchev–Trinajstić information content (AvgIpc) is 2.60. The zero-order chi connectivity index (χ0) is 17.6. The van der Waals surface area contributed by atoms with Crippen molar-refractivity contribution < 1.29 is 16.8 Å². The fourth-order valence-electron chi connectivity index (χ4n) is 2.59. The number of piperidine rings is 1. The third-order valence-corrected chi connectivity index (χ3v) is 7.27. The van der Waals surface area contributed by atoms with E-state index in [0.29, 0.717) is 19.6 Å². The molecule has 0 spiro atoms. The molecule has 0 bridgehead atoms. The Balaban J connectivity index is 2.18. The van der Waals surface area contributed by atoms with Crippen molar-refractivity contribution in [1.29, 1.82) is 0 Å². The molecule has 0 unspecified atom stereocenters. The van der Waals surface area contributed by atoms with Gasteiger partial charge in [0.05, 0.1) is 9.79 Å². The van der Waals surface area contributed by atoms with Gasteiger partial charge in [0.15, 0.2) is 0 Å². The first-order chi connectivity index (χ1) is 11.4. The van der Waals surface area contributed by atoms with Gasteiger partial charge in [-0.3, -0.25) is 0 Å². The van der Waals surface area contributed by atoms with E-state index >= 15 is 0 Å². The average molecular weight is 376 g/mol. The lowest BCUT2D eigenvalue weighted by molar-refractivity contribution is 0.346. The van der Waals surface area contributed by atoms with Crippen molar-refractivity contribution in [2.45, 2.75) is 36.0 Å². The first-order valence-corrected chi connectivity index (χ1v) is 11.1. The molecule has 1 fully saturated rings. The van der Waals surface area contributed by atoms with E-state index in [0.717, 1.165) is 25.8 Å². The van der Waals surface area contributed by atoms with Crippen LogP contribution in [0, 0.1) is 0 Å². The minimum atomic E-state index is -3.73. The van der Waals surface area contributed by atoms with Crippen molar-refractivity contribution in [1.82, 2.24) is 14.3 Å². The maximum absolute atomic E-state index is 12.7. The molecule has 7 nitrogen and oxygen atoms in total. The van der Waals surface area contributed by atoms with Crippen LogP contribution in [0.15, 0.2) is 34.1 Å². The van der Waals surface area contributed by atoms with Crippen molar-refractivity contribution in [3.8, 4) is 0 Å². The molecule has 0 aromatic heterocycles. The summed E-state index contributed by atoms with van der Waals surface area (Å²) in [4.78, 5) is -0.00367. The van der Waals surface area contributed by atoms with Crippen LogP contribution < -0.4 is 10.0 Å². The quantitative estimate of drug-likeness (QED) is 0.654. The number of rotatable bonds is 8. The Morgan fingerprint density at radius 1 is 1.00 bits per heavy atom. The first-order valence-electron chi connectivity index (χ1n) is 8.18. The minimum Gasteiger partial charge on any atom is -0.316 e. The highest BCUT2D eigenvalue weighted by Crippen LogP contribution is 2.22. The van der Waals surface area contributed by atoms with Gasteiger partial charge in [0.2, 0.25) is 20.0 Å². The Morgan fingerprint density at radius 3 is 2.33 bits per heavy atom. The third-order valence-electron chi connectivity index (χ3n) is 3.91. The summed E-state index contributed by atoms with van der Waals surface area (Å²) < 4.78 is 53.8. The second-order valence-electron chi connectivity index (χ2n) is 5.69. The molecule has 136 valence electrons. The van der Waals surface area contributed by atoms with E-state index in [-0.39, 0.29) is 16.3 Å². The van der Waals surface area contributed by atoms with E-state index in [1.54, 1.807) is 0 Å². The fraction of sp³-hybridized carbons (Fsp3) is 0.600. The van der Waals surface area contributed by atoms with E-state index in [1.807, 2.05) is 6.92 Å². The van der Waals surface area contributed by atoms with E-state index < -0.39 is 20.0 Å². The largest absolute Gasteiger partial charge is 0.316 e. The number of nitrogens with one attached hydrogen (secondary N) is 2. The lowest BCUT2D eigenvalue weighted by Gasteiger charge is -2.26. The highest BCUT2D eigenvalue weighted by atomic mass is 32.2. The molecular weight excluding hydrogens is 350 g/mol. The highest BCUT2D eigenvalue weighted by molar-refractivity contribution is 7.90. The molecule has 1 aromatic rings. The molecule has 0 amide bonds. The minimum absolute atomic E-state index is 0.0268. The number of likely N-dealkylation sites (N-methyl/N-ethyl adjacent to an activating group) is 1. The zero-order valence-electron chi connectivity index (χ0n) is 13.9. The summed E-state index contributed by atoms with van der Waals surface area (Å²) in [6, 6.07) is 5.56. The van der Waals surface area contributed by atoms with Gasteiger partial charge in [-0.15, -0.1) is 0 Å². The second-order valence-corrected chi connectivity index (χ2v) is 9.40. The monoisotopic (exact) mass is 375 g/mol. The summed E-state index contributed by atoms with van der Waals surface area (Å²) in [6.07, 6.45) is 2.70. The zero-order valence-corrected chi connectivity index (χ0v) is 15.5. The van der Waals surface area contributed by atoms with Gasteiger partial charge in [-0.25, -0.2) is 21.6 Å². The van der Waals surface area contributed by atoms with Crippen LogP contribution in [0.2, 0.25) is 0 Å². The lowest BCUT2D eigenvalue weighted by Crippen LogP contribution is -2.36. The van der Waals surface area contributed by atoms with Crippen LogP contribution in [-0.2, 0) is 20.0 Å². The Morgan fingerprint density at radius 2 is 1.67 bits per heavy atom. The van der Waals surface area contributed by atoms with Crippen molar-refractivity contribution in [2.24, 2.45) is 0 Å². The molecule has 9 heteroatoms. The molecule has 24 heavy (non-hydrogen) atoms. The van der Waals surface area contributed by atoms with Crippen molar-refractivity contribution in [3.05, 3.63) is 24.3 Å². The molecule has 1 aliphatic rings. The molecule has 0 atom stereocenters. The van der Waals surface area contributed by atoms with Gasteiger partial charge >= 0.3 is 0 Å². The van der Waals surface area contributed by atoms with Gasteiger partial charge in [0.25, 0.3) is 0 Å². The predicted molar refractivity (Wildman–Crippen MR) is 92.8 cm³/mol. The smallest absolute Gasteiger partial charge is 0.243 e. The summed E-state index contributed by atoms with van der Waals surface area (Å²) >= 11 is 0. The van der Waals surface area contributed by atoms with E-state index in [4.69, 9.17) is 0 Å². The molecule has 1 aliphatic heterocycles. The van der Waals surface area contributed by atoms with E-state index in [2.05, 4.69) is 10.0 Å². The van der Waals surface area contributed by atoms with Crippen molar-refractivity contribution in [3.63, 3.8) is 0 Å². The van der Waals surface area contributed by atoms with Gasteiger partial charge in [0.1, 0.15) is 0 Å². The summed E-state index contributed by atoms with van der Waals surface area (Å²) in [5, 5.41) is 3.02. The molecule has 0 saturated carbocycles. The van der Waals surface area contributed by atoms with Crippen LogP contribution in [0.3, 0.4) is 0 Å². The van der Waals surface area contributed by atoms with Crippen LogP contribution in [0.5, 0.6) is 0 Å². The lowest BCUT2D eigenvalue weighted by atomic mass is 10.2. The van der Waals surface area contributed by atoms with Crippen LogP contribution in [-0.4, -0.2) is 53.9 Å². The Bertz CT molecular complexity index is 742. The Kier molecular flexibility index (Phi) is 6.76. The molecule has 0 aliphatic carbocycles. The fourth-order valence-corrected chi connectivity index (χ4v) is 5.31. The number of hydrogen-bond donors (Lipinski definition) is 2. The Hall–Kier alpha value is -1.00. The summed E-state index contributed by atoms with van der Waals surface area (Å²) in [5.74, 6) is 0. The number of sulfonamides is 2. The SMILES string of the molecule is CCNCCNS(=O)(=O)c1cccc(S(=O)(=O)N2CCCCC2)c1. The van der Waals surface area contributed by atoms with Crippen molar-refractivity contribution in [2.75, 3.05) is 32.7 Å². The Labute approximate surface area is 144 Å². The molecule has 0 radical (unpaired) electrons. The van der Waals surface area contributed by atoms with E-state index in [9.17, 15) is 16.8 Å². The standard InChI is InChI=1S/C15H25N3O4S2/c1-2-16-9-10-17-23(19,20)14-7-6-8-15(13-14)24(21,22)18-11-4-3-5-12-18/h6-8,13,16-17H,2-5,9-12H2,1H3. The molecule has 1 aromatic carbocycles. The van der Waals surface area contributed by atoms with Gasteiger partial charge in [-0.2, -0.15) is 4.31 Å². The maximum atomic E-state index is 12.7.